The van der Waals surface area contributed by atoms with Crippen molar-refractivity contribution < 1.29 is 0 Å². The van der Waals surface area contributed by atoms with Gasteiger partial charge in [0, 0.05) is 31.1 Å². The molecule has 1 aliphatic rings. The molecule has 0 fully saturated rings. The molecule has 0 radical (unpaired) electrons. The molecule has 0 saturated heterocycles. The number of nitrogens with zero attached hydrogens (tertiary/aromatic N) is 3. The van der Waals surface area contributed by atoms with Gasteiger partial charge in [-0.25, -0.2) is 0 Å². The largest absolute Gasteiger partial charge is 0.371 e. The second-order valence-electron chi connectivity index (χ2n) is 5.13. The van der Waals surface area contributed by atoms with Crippen LogP contribution in [0.1, 0.15) is 5.56 Å². The molecule has 2 aromatic rings. The quantitative estimate of drug-likeness (QED) is 0.719. The molecule has 0 aromatic heterocycles. The highest BCUT2D eigenvalue weighted by atomic mass is 15.1. The van der Waals surface area contributed by atoms with Gasteiger partial charge in [0.15, 0.2) is 5.41 Å². The topological polar surface area (TPSA) is 50.8 Å². The first-order valence-electron chi connectivity index (χ1n) is 6.23. The molecule has 2 aromatic carbocycles. The van der Waals surface area contributed by atoms with Crippen LogP contribution in [0.15, 0.2) is 36.4 Å². The van der Waals surface area contributed by atoms with Gasteiger partial charge in [0.2, 0.25) is 0 Å². The summed E-state index contributed by atoms with van der Waals surface area (Å²) in [5.74, 6) is 0. The van der Waals surface area contributed by atoms with Crippen LogP contribution in [0.4, 0.5) is 5.69 Å². The number of benzene rings is 2. The van der Waals surface area contributed by atoms with Crippen LogP contribution < -0.4 is 4.90 Å². The molecule has 0 spiro atoms. The van der Waals surface area contributed by atoms with E-state index < -0.39 is 5.41 Å². The molecule has 0 unspecified atom stereocenters. The van der Waals surface area contributed by atoms with Gasteiger partial charge in [0.05, 0.1) is 12.1 Å². The Morgan fingerprint density at radius 3 is 2.47 bits per heavy atom. The Kier molecular flexibility index (Phi) is 2.44. The fourth-order valence-corrected chi connectivity index (χ4v) is 2.91. The van der Waals surface area contributed by atoms with E-state index in [0.29, 0.717) is 13.0 Å². The van der Waals surface area contributed by atoms with Gasteiger partial charge in [0.25, 0.3) is 0 Å². The van der Waals surface area contributed by atoms with Crippen molar-refractivity contribution in [1.29, 1.82) is 10.5 Å². The normalized spacial score (nSPS) is 16.5. The second kappa shape index (κ2) is 4.00. The lowest BCUT2D eigenvalue weighted by atomic mass is 9.84. The standard InChI is InChI=1S/C16H13N3/c1-19-11-16(9-17,10-18)8-13-6-2-4-12-5-3-7-14(19)15(12)13/h2-7H,8,11H2,1H3. The maximum Gasteiger partial charge on any atom is 0.165 e. The second-order valence-corrected chi connectivity index (χ2v) is 5.13. The van der Waals surface area contributed by atoms with Gasteiger partial charge < -0.3 is 4.90 Å². The first kappa shape index (κ1) is 11.6. The average Bonchev–Trinajstić information content (AvgIpc) is 2.57. The third-order valence-electron chi connectivity index (χ3n) is 3.81. The van der Waals surface area contributed by atoms with Crippen molar-refractivity contribution in [3.8, 4) is 12.1 Å². The molecule has 3 heteroatoms. The number of rotatable bonds is 0. The zero-order chi connectivity index (χ0) is 13.5. The third-order valence-corrected chi connectivity index (χ3v) is 3.81. The fourth-order valence-electron chi connectivity index (χ4n) is 2.91. The van der Waals surface area contributed by atoms with Gasteiger partial charge in [0.1, 0.15) is 0 Å². The highest BCUT2D eigenvalue weighted by Gasteiger charge is 2.35. The third kappa shape index (κ3) is 1.63. The Morgan fingerprint density at radius 1 is 1.11 bits per heavy atom. The number of hydrogen-bond acceptors (Lipinski definition) is 3. The zero-order valence-corrected chi connectivity index (χ0v) is 10.7. The molecule has 1 heterocycles. The lowest BCUT2D eigenvalue weighted by Gasteiger charge is -2.24. The van der Waals surface area contributed by atoms with Crippen LogP contribution in [0, 0.1) is 28.1 Å². The minimum Gasteiger partial charge on any atom is -0.371 e. The van der Waals surface area contributed by atoms with Crippen molar-refractivity contribution >= 4 is 16.5 Å². The van der Waals surface area contributed by atoms with Gasteiger partial charge in [-0.1, -0.05) is 30.3 Å². The molecule has 1 aliphatic heterocycles. The predicted octanol–water partition coefficient (Wildman–Crippen LogP) is 2.87. The van der Waals surface area contributed by atoms with Crippen molar-refractivity contribution in [2.45, 2.75) is 6.42 Å². The van der Waals surface area contributed by atoms with E-state index in [9.17, 15) is 10.5 Å². The molecule has 3 rings (SSSR count). The summed E-state index contributed by atoms with van der Waals surface area (Å²) in [6.45, 7) is 0.438. The van der Waals surface area contributed by atoms with E-state index in [2.05, 4.69) is 30.3 Å². The summed E-state index contributed by atoms with van der Waals surface area (Å²) >= 11 is 0. The van der Waals surface area contributed by atoms with E-state index in [0.717, 1.165) is 16.6 Å². The van der Waals surface area contributed by atoms with Gasteiger partial charge in [-0.2, -0.15) is 10.5 Å². The summed E-state index contributed by atoms with van der Waals surface area (Å²) in [6, 6.07) is 16.7. The highest BCUT2D eigenvalue weighted by Crippen LogP contribution is 2.37. The van der Waals surface area contributed by atoms with Crippen LogP contribution in [-0.2, 0) is 6.42 Å². The van der Waals surface area contributed by atoms with Crippen LogP contribution in [0.5, 0.6) is 0 Å². The maximum atomic E-state index is 9.42. The Labute approximate surface area is 112 Å². The average molecular weight is 247 g/mol. The Morgan fingerprint density at radius 2 is 1.79 bits per heavy atom. The molecule has 3 nitrogen and oxygen atoms in total. The van der Waals surface area contributed by atoms with E-state index in [1.807, 2.05) is 30.1 Å². The molecule has 0 bridgehead atoms. The van der Waals surface area contributed by atoms with Crippen molar-refractivity contribution in [1.82, 2.24) is 0 Å². The molecular weight excluding hydrogens is 234 g/mol. The van der Waals surface area contributed by atoms with Gasteiger partial charge >= 0.3 is 0 Å². The molecule has 19 heavy (non-hydrogen) atoms. The maximum absolute atomic E-state index is 9.42. The van der Waals surface area contributed by atoms with E-state index >= 15 is 0 Å². The van der Waals surface area contributed by atoms with Crippen molar-refractivity contribution in [3.05, 3.63) is 42.0 Å². The van der Waals surface area contributed by atoms with Crippen LogP contribution in [0.2, 0.25) is 0 Å². The molecule has 92 valence electrons. The van der Waals surface area contributed by atoms with E-state index in [1.54, 1.807) is 0 Å². The number of anilines is 1. The Bertz CT molecular complexity index is 714. The number of nitriles is 2. The number of hydrogen-bond donors (Lipinski definition) is 0. The lowest BCUT2D eigenvalue weighted by Crippen LogP contribution is -2.33. The minimum atomic E-state index is -0.970. The molecule has 0 atom stereocenters. The summed E-state index contributed by atoms with van der Waals surface area (Å²) in [7, 11) is 1.94. The smallest absolute Gasteiger partial charge is 0.165 e. The van der Waals surface area contributed by atoms with Crippen molar-refractivity contribution in [2.75, 3.05) is 18.5 Å². The van der Waals surface area contributed by atoms with Crippen LogP contribution >= 0.6 is 0 Å². The van der Waals surface area contributed by atoms with Crippen LogP contribution in [0.3, 0.4) is 0 Å². The van der Waals surface area contributed by atoms with Crippen LogP contribution in [-0.4, -0.2) is 13.6 Å². The SMILES string of the molecule is CN1CC(C#N)(C#N)Cc2cccc3cccc1c23. The lowest BCUT2D eigenvalue weighted by molar-refractivity contribution is 0.525. The monoisotopic (exact) mass is 247 g/mol. The summed E-state index contributed by atoms with van der Waals surface area (Å²) in [5, 5.41) is 21.2. The molecule has 0 N–H and O–H groups in total. The molecule has 0 amide bonds. The van der Waals surface area contributed by atoms with Crippen molar-refractivity contribution in [2.24, 2.45) is 5.41 Å². The molecular formula is C16H13N3. The highest BCUT2D eigenvalue weighted by molar-refractivity contribution is 5.97. The van der Waals surface area contributed by atoms with Crippen LogP contribution in [0.25, 0.3) is 10.8 Å². The van der Waals surface area contributed by atoms with E-state index in [-0.39, 0.29) is 0 Å². The summed E-state index contributed by atoms with van der Waals surface area (Å²) in [5.41, 5.74) is 1.21. The first-order chi connectivity index (χ1) is 9.19. The Hall–Kier alpha value is -2.52. The predicted molar refractivity (Wildman–Crippen MR) is 74.6 cm³/mol. The molecule has 0 saturated carbocycles. The molecule has 0 aliphatic carbocycles. The van der Waals surface area contributed by atoms with Gasteiger partial charge in [-0.05, 0) is 17.0 Å². The minimum absolute atomic E-state index is 0.438. The van der Waals surface area contributed by atoms with E-state index in [1.165, 1.54) is 5.39 Å². The zero-order valence-electron chi connectivity index (χ0n) is 10.7. The van der Waals surface area contributed by atoms with E-state index in [4.69, 9.17) is 0 Å². The summed E-state index contributed by atoms with van der Waals surface area (Å²) in [4.78, 5) is 2.02. The fraction of sp³-hybridized carbons (Fsp3) is 0.250. The summed E-state index contributed by atoms with van der Waals surface area (Å²) < 4.78 is 0. The Balaban J connectivity index is 2.34. The first-order valence-corrected chi connectivity index (χ1v) is 6.23. The van der Waals surface area contributed by atoms with Gasteiger partial charge in [-0.3, -0.25) is 0 Å². The summed E-state index contributed by atoms with van der Waals surface area (Å²) in [6.07, 6.45) is 0.485. The van der Waals surface area contributed by atoms with Gasteiger partial charge in [-0.15, -0.1) is 0 Å². The van der Waals surface area contributed by atoms with Crippen molar-refractivity contribution in [3.63, 3.8) is 0 Å².